The molecule has 2 aromatic rings. The van der Waals surface area contributed by atoms with E-state index in [1.165, 1.54) is 5.56 Å². The minimum Gasteiger partial charge on any atom is -0.492 e. The number of nitrogens with one attached hydrogen (secondary N) is 2. The molecule has 0 aliphatic carbocycles. The van der Waals surface area contributed by atoms with E-state index in [4.69, 9.17) is 10.00 Å². The van der Waals surface area contributed by atoms with Crippen LogP contribution in [0.3, 0.4) is 0 Å². The molecule has 0 bridgehead atoms. The molecule has 0 aliphatic heterocycles. The van der Waals surface area contributed by atoms with Crippen LogP contribution in [0.25, 0.3) is 0 Å². The number of benzene rings is 2. The average molecular weight is 486 g/mol. The van der Waals surface area contributed by atoms with Crippen LogP contribution in [0.15, 0.2) is 46.9 Å². The van der Waals surface area contributed by atoms with Crippen LogP contribution in [0, 0.1) is 11.3 Å². The highest BCUT2D eigenvalue weighted by Gasteiger charge is 2.15. The number of nitrogens with zero attached hydrogens (tertiary/aromatic N) is 1. The quantitative estimate of drug-likeness (QED) is 0.484. The summed E-state index contributed by atoms with van der Waals surface area (Å²) in [7, 11) is 0. The van der Waals surface area contributed by atoms with Crippen molar-refractivity contribution < 1.29 is 14.3 Å². The lowest BCUT2D eigenvalue weighted by Crippen LogP contribution is -2.23. The smallest absolute Gasteiger partial charge is 0.234 e. The van der Waals surface area contributed by atoms with Gasteiger partial charge in [0.25, 0.3) is 0 Å². The second-order valence-corrected chi connectivity index (χ2v) is 9.02. The van der Waals surface area contributed by atoms with Crippen molar-refractivity contribution in [2.24, 2.45) is 0 Å². The van der Waals surface area contributed by atoms with Crippen LogP contribution in [0.1, 0.15) is 51.2 Å². The van der Waals surface area contributed by atoms with Gasteiger partial charge in [-0.05, 0) is 57.1 Å². The number of carbonyl (C=O) groups is 2. The maximum absolute atomic E-state index is 12.3. The van der Waals surface area contributed by atoms with Crippen molar-refractivity contribution in [3.05, 3.63) is 58.1 Å². The fourth-order valence-corrected chi connectivity index (χ4v) is 3.33. The van der Waals surface area contributed by atoms with E-state index in [2.05, 4.69) is 59.5 Å². The standard InChI is InChI=1S/C24H28BrN3O3/c1-24(2,3)18-10-11-21(19(25)15-18)31-14-6-9-23(30)28-20-8-5-4-7-17(20)16-27-22(29)12-13-26/h4-5,7-8,10-11,15H,6,9,12,14,16H2,1-3H3,(H,27,29)(H,28,30). The Labute approximate surface area is 192 Å². The number of halogens is 1. The minimum absolute atomic E-state index is 0.0635. The van der Waals surface area contributed by atoms with Gasteiger partial charge in [0.2, 0.25) is 11.8 Å². The SMILES string of the molecule is CC(C)(C)c1ccc(OCCCC(=O)Nc2ccccc2CNC(=O)CC#N)c(Br)c1. The molecule has 2 rings (SSSR count). The molecule has 2 amide bonds. The first-order valence-corrected chi connectivity index (χ1v) is 10.9. The summed E-state index contributed by atoms with van der Waals surface area (Å²) in [5.74, 6) is 0.288. The van der Waals surface area contributed by atoms with Gasteiger partial charge in [0.15, 0.2) is 0 Å². The van der Waals surface area contributed by atoms with E-state index in [1.807, 2.05) is 30.3 Å². The second-order valence-electron chi connectivity index (χ2n) is 8.16. The highest BCUT2D eigenvalue weighted by Crippen LogP contribution is 2.31. The largest absolute Gasteiger partial charge is 0.492 e. The van der Waals surface area contributed by atoms with E-state index in [0.717, 1.165) is 15.8 Å². The van der Waals surface area contributed by atoms with Crippen LogP contribution in [0.5, 0.6) is 5.75 Å². The Balaban J connectivity index is 1.82. The Bertz CT molecular complexity index is 961. The van der Waals surface area contributed by atoms with Gasteiger partial charge in [0, 0.05) is 18.7 Å². The monoisotopic (exact) mass is 485 g/mol. The Kier molecular flexibility index (Phi) is 9.07. The van der Waals surface area contributed by atoms with Gasteiger partial charge in [-0.25, -0.2) is 0 Å². The van der Waals surface area contributed by atoms with Gasteiger partial charge in [-0.3, -0.25) is 9.59 Å². The molecule has 6 nitrogen and oxygen atoms in total. The number of para-hydroxylation sites is 1. The zero-order valence-electron chi connectivity index (χ0n) is 18.1. The molecule has 0 saturated carbocycles. The van der Waals surface area contributed by atoms with Gasteiger partial charge in [-0.2, -0.15) is 5.26 Å². The van der Waals surface area contributed by atoms with Crippen LogP contribution < -0.4 is 15.4 Å². The molecule has 0 fully saturated rings. The fourth-order valence-electron chi connectivity index (χ4n) is 2.84. The van der Waals surface area contributed by atoms with E-state index in [0.29, 0.717) is 25.1 Å². The first-order chi connectivity index (χ1) is 14.7. The molecule has 164 valence electrons. The van der Waals surface area contributed by atoms with Gasteiger partial charge in [-0.15, -0.1) is 0 Å². The zero-order valence-corrected chi connectivity index (χ0v) is 19.7. The van der Waals surface area contributed by atoms with Crippen molar-refractivity contribution in [2.75, 3.05) is 11.9 Å². The first kappa shape index (κ1) is 24.4. The molecule has 0 radical (unpaired) electrons. The summed E-state index contributed by atoms with van der Waals surface area (Å²) < 4.78 is 6.72. The van der Waals surface area contributed by atoms with E-state index in [-0.39, 0.29) is 30.2 Å². The predicted octanol–water partition coefficient (Wildman–Crippen LogP) is 5.07. The summed E-state index contributed by atoms with van der Waals surface area (Å²) in [6.07, 6.45) is 0.691. The van der Waals surface area contributed by atoms with E-state index in [1.54, 1.807) is 6.07 Å². The van der Waals surface area contributed by atoms with Crippen molar-refractivity contribution >= 4 is 33.4 Å². The maximum Gasteiger partial charge on any atom is 0.234 e. The van der Waals surface area contributed by atoms with Crippen molar-refractivity contribution in [1.82, 2.24) is 5.32 Å². The average Bonchev–Trinajstić information content (AvgIpc) is 2.71. The molecular formula is C24H28BrN3O3. The molecule has 0 aliphatic rings. The van der Waals surface area contributed by atoms with Gasteiger partial charge >= 0.3 is 0 Å². The Morgan fingerprint density at radius 1 is 1.13 bits per heavy atom. The Hall–Kier alpha value is -2.85. The van der Waals surface area contributed by atoms with E-state index < -0.39 is 0 Å². The molecule has 0 heterocycles. The van der Waals surface area contributed by atoms with Gasteiger partial charge in [0.1, 0.15) is 12.2 Å². The topological polar surface area (TPSA) is 91.2 Å². The van der Waals surface area contributed by atoms with Crippen LogP contribution in [-0.4, -0.2) is 18.4 Å². The third-order valence-corrected chi connectivity index (χ3v) is 5.23. The van der Waals surface area contributed by atoms with E-state index in [9.17, 15) is 9.59 Å². The minimum atomic E-state index is -0.345. The van der Waals surface area contributed by atoms with E-state index >= 15 is 0 Å². The third-order valence-electron chi connectivity index (χ3n) is 4.61. The van der Waals surface area contributed by atoms with Crippen LogP contribution >= 0.6 is 15.9 Å². The molecule has 0 spiro atoms. The molecule has 0 saturated heterocycles. The molecule has 0 unspecified atom stereocenters. The summed E-state index contributed by atoms with van der Waals surface area (Å²) in [5, 5.41) is 14.1. The number of nitriles is 1. The maximum atomic E-state index is 12.3. The van der Waals surface area contributed by atoms with Crippen LogP contribution in [-0.2, 0) is 21.5 Å². The number of ether oxygens (including phenoxy) is 1. The number of hydrogen-bond donors (Lipinski definition) is 2. The van der Waals surface area contributed by atoms with Gasteiger partial charge in [-0.1, -0.05) is 45.0 Å². The Morgan fingerprint density at radius 2 is 1.87 bits per heavy atom. The van der Waals surface area contributed by atoms with Crippen molar-refractivity contribution in [3.63, 3.8) is 0 Å². The van der Waals surface area contributed by atoms with Crippen molar-refractivity contribution in [3.8, 4) is 11.8 Å². The molecule has 31 heavy (non-hydrogen) atoms. The Morgan fingerprint density at radius 3 is 2.55 bits per heavy atom. The lowest BCUT2D eigenvalue weighted by molar-refractivity contribution is -0.120. The fraction of sp³-hybridized carbons (Fsp3) is 0.375. The molecular weight excluding hydrogens is 458 g/mol. The number of rotatable bonds is 9. The predicted molar refractivity (Wildman–Crippen MR) is 125 cm³/mol. The summed E-state index contributed by atoms with van der Waals surface area (Å²) >= 11 is 3.56. The highest BCUT2D eigenvalue weighted by atomic mass is 79.9. The zero-order chi connectivity index (χ0) is 22.9. The summed E-state index contributed by atoms with van der Waals surface area (Å²) in [6.45, 7) is 7.15. The van der Waals surface area contributed by atoms with Crippen molar-refractivity contribution in [2.45, 2.75) is 52.0 Å². The normalized spacial score (nSPS) is 10.8. The molecule has 2 N–H and O–H groups in total. The molecule has 0 aromatic heterocycles. The highest BCUT2D eigenvalue weighted by molar-refractivity contribution is 9.10. The second kappa shape index (κ2) is 11.5. The van der Waals surface area contributed by atoms with Crippen LogP contribution in [0.2, 0.25) is 0 Å². The number of hydrogen-bond acceptors (Lipinski definition) is 4. The van der Waals surface area contributed by atoms with Crippen molar-refractivity contribution in [1.29, 1.82) is 5.26 Å². The number of amides is 2. The summed E-state index contributed by atoms with van der Waals surface area (Å²) in [6, 6.07) is 15.1. The number of carbonyl (C=O) groups excluding carboxylic acids is 2. The summed E-state index contributed by atoms with van der Waals surface area (Å²) in [4.78, 5) is 23.8. The lowest BCUT2D eigenvalue weighted by Gasteiger charge is -2.20. The summed E-state index contributed by atoms with van der Waals surface area (Å²) in [5.41, 5.74) is 2.70. The van der Waals surface area contributed by atoms with Gasteiger partial charge < -0.3 is 15.4 Å². The lowest BCUT2D eigenvalue weighted by atomic mass is 9.87. The molecule has 7 heteroatoms. The molecule has 2 aromatic carbocycles. The molecule has 0 atom stereocenters. The number of anilines is 1. The third kappa shape index (κ3) is 8.06. The van der Waals surface area contributed by atoms with Gasteiger partial charge in [0.05, 0.1) is 17.1 Å². The van der Waals surface area contributed by atoms with Crippen LogP contribution in [0.4, 0.5) is 5.69 Å². The first-order valence-electron chi connectivity index (χ1n) is 10.1.